The zero-order valence-electron chi connectivity index (χ0n) is 71.4. The van der Waals surface area contributed by atoms with Gasteiger partial charge in [-0.15, -0.1) is 0 Å². The molecule has 0 amide bonds. The van der Waals surface area contributed by atoms with Crippen LogP contribution in [0.3, 0.4) is 0 Å². The monoisotopic (exact) mass is 1580 g/mol. The number of para-hydroxylation sites is 1. The normalized spacial score (nSPS) is 13.4. The molecule has 0 saturated heterocycles. The molecule has 5 heterocycles. The molecule has 0 saturated carbocycles. The first-order chi connectivity index (χ1) is 50.9. The maximum atomic E-state index is 13.3. The third-order valence-corrected chi connectivity index (χ3v) is 19.7. The van der Waals surface area contributed by atoms with Gasteiger partial charge in [-0.1, -0.05) is 330 Å². The van der Waals surface area contributed by atoms with Crippen molar-refractivity contribution in [2.24, 2.45) is 0 Å². The van der Waals surface area contributed by atoms with Crippen LogP contribution >= 0.6 is 27.5 Å². The number of rotatable bonds is 0. The second kappa shape index (κ2) is 38.5. The van der Waals surface area contributed by atoms with Crippen LogP contribution in [0.1, 0.15) is 248 Å². The highest BCUT2D eigenvalue weighted by molar-refractivity contribution is 9.10. The standard InChI is InChI=1S/C12H15FO.C12H16O2.C12H16O.C12H14O.C11H14O2.C10H13Br.C10H13Cl.C10H13F.C10H14/c1-12(2,3)9-4-5-10(13)11-8(9)6-7-14-11;1-12(2,3)9-5-4-6-10-11(9)14-8-7-13-10;2*1-12(2,3)10-5-4-9-6-7-13-11(9)8-10;1-11(2,3)8-4-5-9-10(6-8)13-7-12-9;3*1-10(2,3)8-4-6-9(11)7-5-8;1-10(2,3)9-7-5-4-6-8-9/h4-5H,6-7H2,1-3H3;4-6H,7-8H2,1-3H3;4-5,8H,6-7H2,1-3H3;4-8H,1-3H3;4-6H,7H2,1-3H3;3*4-7H,1-3H3;4-8H,1-3H3. The zero-order chi connectivity index (χ0) is 82.0. The van der Waals surface area contributed by atoms with Gasteiger partial charge in [0.05, 0.1) is 19.5 Å². The molecule has 7 nitrogen and oxygen atoms in total. The SMILES string of the molecule is CC(C)(C)c1ccc(Br)cc1.CC(C)(C)c1ccc(Cl)cc1.CC(C)(C)c1ccc(F)c2c1CCO2.CC(C)(C)c1ccc(F)cc1.CC(C)(C)c1ccc2c(c1)OCC2.CC(C)(C)c1ccc2c(c1)OCO2.CC(C)(C)c1ccc2ccoc2c1.CC(C)(C)c1cccc2c1OCCO2.CC(C)(C)c1ccccc1. The van der Waals surface area contributed by atoms with Crippen LogP contribution in [0.2, 0.25) is 5.02 Å². The van der Waals surface area contributed by atoms with Crippen LogP contribution in [0.4, 0.5) is 8.78 Å². The largest absolute Gasteiger partial charge is 0.493 e. The molecule has 0 bridgehead atoms. The lowest BCUT2D eigenvalue weighted by Crippen LogP contribution is -2.20. The summed E-state index contributed by atoms with van der Waals surface area (Å²) in [5.74, 6) is 4.68. The lowest BCUT2D eigenvalue weighted by atomic mass is 9.83. The Kier molecular flexibility index (Phi) is 31.8. The molecule has 0 aliphatic carbocycles. The van der Waals surface area contributed by atoms with Gasteiger partial charge in [0.2, 0.25) is 6.79 Å². The van der Waals surface area contributed by atoms with E-state index >= 15 is 0 Å². The summed E-state index contributed by atoms with van der Waals surface area (Å²) < 4.78 is 64.9. The molecule has 110 heavy (non-hydrogen) atoms. The van der Waals surface area contributed by atoms with Crippen molar-refractivity contribution in [3.63, 3.8) is 0 Å². The quantitative estimate of drug-likeness (QED) is 0.150. The average Bonchev–Trinajstić information content (AvgIpc) is 1.54. The third-order valence-electron chi connectivity index (χ3n) is 18.9. The summed E-state index contributed by atoms with van der Waals surface area (Å²) in [6, 6.07) is 64.3. The van der Waals surface area contributed by atoms with E-state index < -0.39 is 0 Å². The summed E-state index contributed by atoms with van der Waals surface area (Å²) in [6.07, 6.45) is 3.64. The molecule has 4 aliphatic rings. The highest BCUT2D eigenvalue weighted by Gasteiger charge is 2.28. The number of hydrogen-bond donors (Lipinski definition) is 0. The van der Waals surface area contributed by atoms with Crippen LogP contribution in [0.5, 0.6) is 34.5 Å². The average molecular weight is 1580 g/mol. The molecule has 9 aromatic carbocycles. The van der Waals surface area contributed by atoms with Crippen molar-refractivity contribution in [3.05, 3.63) is 283 Å². The van der Waals surface area contributed by atoms with Gasteiger partial charge in [-0.25, -0.2) is 8.78 Å². The Balaban J connectivity index is 0.000000194. The smallest absolute Gasteiger partial charge is 0.231 e. The van der Waals surface area contributed by atoms with E-state index in [2.05, 4.69) is 324 Å². The summed E-state index contributed by atoms with van der Waals surface area (Å²) in [5, 5.41) is 1.98. The number of ether oxygens (including phenoxy) is 6. The van der Waals surface area contributed by atoms with Gasteiger partial charge in [-0.2, -0.15) is 0 Å². The molecule has 10 aromatic rings. The van der Waals surface area contributed by atoms with Gasteiger partial charge in [0.15, 0.2) is 34.6 Å². The van der Waals surface area contributed by atoms with Crippen molar-refractivity contribution >= 4 is 38.5 Å². The molecule has 1 aromatic heterocycles. The van der Waals surface area contributed by atoms with Crippen LogP contribution in [-0.4, -0.2) is 33.2 Å². The summed E-state index contributed by atoms with van der Waals surface area (Å²) in [6.45, 7) is 62.2. The van der Waals surface area contributed by atoms with Gasteiger partial charge in [-0.3, -0.25) is 0 Å². The predicted molar refractivity (Wildman–Crippen MR) is 464 cm³/mol. The molecular formula is C99H128BrClF2O7. The van der Waals surface area contributed by atoms with Crippen molar-refractivity contribution in [2.75, 3.05) is 33.2 Å². The first-order valence-electron chi connectivity index (χ1n) is 38.7. The van der Waals surface area contributed by atoms with Crippen molar-refractivity contribution in [2.45, 2.75) is 249 Å². The Hall–Kier alpha value is -8.05. The molecule has 0 fully saturated rings. The summed E-state index contributed by atoms with van der Waals surface area (Å²) in [4.78, 5) is 0. The van der Waals surface area contributed by atoms with Crippen molar-refractivity contribution in [1.29, 1.82) is 0 Å². The van der Waals surface area contributed by atoms with E-state index in [1.165, 1.54) is 79.2 Å². The molecular weight excluding hydrogens is 1450 g/mol. The molecule has 0 atom stereocenters. The molecule has 0 spiro atoms. The first kappa shape index (κ1) is 90.8. The van der Waals surface area contributed by atoms with Crippen LogP contribution < -0.4 is 28.4 Å². The highest BCUT2D eigenvalue weighted by Crippen LogP contribution is 2.42. The Labute approximate surface area is 674 Å². The fraction of sp³-hybridized carbons (Fsp3) is 0.434. The molecule has 0 unspecified atom stereocenters. The minimum absolute atomic E-state index is 0.0610. The molecule has 0 N–H and O–H groups in total. The van der Waals surface area contributed by atoms with Crippen LogP contribution in [0.25, 0.3) is 11.0 Å². The summed E-state index contributed by atoms with van der Waals surface area (Å²) in [7, 11) is 0. The topological polar surface area (TPSA) is 68.5 Å². The molecule has 14 rings (SSSR count). The Morgan fingerprint density at radius 1 is 0.318 bits per heavy atom. The van der Waals surface area contributed by atoms with Crippen LogP contribution in [0.15, 0.2) is 209 Å². The second-order valence-electron chi connectivity index (χ2n) is 37.6. The molecule has 11 heteroatoms. The van der Waals surface area contributed by atoms with Gasteiger partial charge in [0.25, 0.3) is 0 Å². The molecule has 4 aliphatic heterocycles. The predicted octanol–water partition coefficient (Wildman–Crippen LogP) is 28.7. The van der Waals surface area contributed by atoms with E-state index in [1.54, 1.807) is 6.26 Å². The Bertz CT molecular complexity index is 4280. The minimum atomic E-state index is -0.231. The second-order valence-corrected chi connectivity index (χ2v) is 39.0. The fourth-order valence-electron chi connectivity index (χ4n) is 11.8. The zero-order valence-corrected chi connectivity index (χ0v) is 73.7. The maximum Gasteiger partial charge on any atom is 0.231 e. The number of hydrogen-bond acceptors (Lipinski definition) is 7. The maximum absolute atomic E-state index is 13.3. The number of benzene rings is 9. The van der Waals surface area contributed by atoms with E-state index in [4.69, 9.17) is 44.4 Å². The van der Waals surface area contributed by atoms with E-state index in [9.17, 15) is 8.78 Å². The molecule has 0 radical (unpaired) electrons. The molecule has 594 valence electrons. The van der Waals surface area contributed by atoms with Crippen molar-refractivity contribution in [3.8, 4) is 34.5 Å². The lowest BCUT2D eigenvalue weighted by molar-refractivity contribution is 0.168. The van der Waals surface area contributed by atoms with Gasteiger partial charge in [-0.05, 0) is 178 Å². The van der Waals surface area contributed by atoms with E-state index in [0.717, 1.165) is 68.8 Å². The highest BCUT2D eigenvalue weighted by atomic mass is 79.9. The lowest BCUT2D eigenvalue weighted by Gasteiger charge is -2.27. The summed E-state index contributed by atoms with van der Waals surface area (Å²) >= 11 is 9.17. The van der Waals surface area contributed by atoms with Gasteiger partial charge >= 0.3 is 0 Å². The van der Waals surface area contributed by atoms with Gasteiger partial charge in [0.1, 0.15) is 30.4 Å². The third kappa shape index (κ3) is 28.6. The first-order valence-corrected chi connectivity index (χ1v) is 39.9. The number of halogens is 4. The van der Waals surface area contributed by atoms with Crippen LogP contribution in [-0.2, 0) is 61.6 Å². The Morgan fingerprint density at radius 3 is 1.28 bits per heavy atom. The van der Waals surface area contributed by atoms with Gasteiger partial charge < -0.3 is 32.8 Å². The van der Waals surface area contributed by atoms with E-state index in [0.29, 0.717) is 37.8 Å². The van der Waals surface area contributed by atoms with Crippen molar-refractivity contribution in [1.82, 2.24) is 0 Å². The minimum Gasteiger partial charge on any atom is -0.493 e. The summed E-state index contributed by atoms with van der Waals surface area (Å²) in [5.41, 5.74) is 16.7. The van der Waals surface area contributed by atoms with Crippen molar-refractivity contribution < 1.29 is 41.6 Å². The number of fused-ring (bicyclic) bond motifs is 5. The van der Waals surface area contributed by atoms with E-state index in [-0.39, 0.29) is 55.0 Å². The van der Waals surface area contributed by atoms with Gasteiger partial charge in [0, 0.05) is 38.9 Å². The van der Waals surface area contributed by atoms with Crippen LogP contribution in [0, 0.1) is 11.6 Å². The number of furan rings is 1. The Morgan fingerprint density at radius 2 is 0.755 bits per heavy atom. The van der Waals surface area contributed by atoms with E-state index in [1.807, 2.05) is 54.6 Å². The fourth-order valence-corrected chi connectivity index (χ4v) is 12.2.